The highest BCUT2D eigenvalue weighted by molar-refractivity contribution is 5.97. The van der Waals surface area contributed by atoms with Gasteiger partial charge in [-0.15, -0.1) is 0 Å². The van der Waals surface area contributed by atoms with Crippen molar-refractivity contribution in [2.75, 3.05) is 20.3 Å². The minimum absolute atomic E-state index is 0.0194. The first-order valence-electron chi connectivity index (χ1n) is 5.86. The molecule has 0 atom stereocenters. The van der Waals surface area contributed by atoms with E-state index in [2.05, 4.69) is 15.2 Å². The zero-order valence-corrected chi connectivity index (χ0v) is 11.1. The zero-order valence-electron chi connectivity index (χ0n) is 11.1. The summed E-state index contributed by atoms with van der Waals surface area (Å²) < 4.78 is 9.81. The molecule has 0 aliphatic carbocycles. The Morgan fingerprint density at radius 2 is 2.20 bits per heavy atom. The van der Waals surface area contributed by atoms with Crippen LogP contribution >= 0.6 is 0 Å². The van der Waals surface area contributed by atoms with E-state index in [0.29, 0.717) is 24.4 Å². The highest BCUT2D eigenvalue weighted by atomic mass is 16.5. The maximum Gasteiger partial charge on any atom is 0.404 e. The minimum atomic E-state index is -0.807. The van der Waals surface area contributed by atoms with E-state index in [1.807, 2.05) is 0 Å². The van der Waals surface area contributed by atoms with Crippen molar-refractivity contribution in [3.63, 3.8) is 0 Å². The molecular formula is C12H18N4O4. The zero-order chi connectivity index (χ0) is 15.0. The third kappa shape index (κ3) is 4.65. The quantitative estimate of drug-likeness (QED) is 0.182. The van der Waals surface area contributed by atoms with Gasteiger partial charge in [0.15, 0.2) is 5.84 Å². The van der Waals surface area contributed by atoms with Crippen molar-refractivity contribution in [3.05, 3.63) is 29.3 Å². The normalized spacial score (nSPS) is 11.2. The molecule has 20 heavy (non-hydrogen) atoms. The van der Waals surface area contributed by atoms with Crippen LogP contribution in [-0.4, -0.2) is 37.4 Å². The van der Waals surface area contributed by atoms with Gasteiger partial charge in [0.25, 0.3) is 0 Å². The third-order valence-corrected chi connectivity index (χ3v) is 2.52. The maximum absolute atomic E-state index is 10.4. The van der Waals surface area contributed by atoms with Crippen molar-refractivity contribution in [2.24, 2.45) is 16.6 Å². The molecule has 0 aliphatic heterocycles. The molecule has 8 heteroatoms. The van der Waals surface area contributed by atoms with Crippen molar-refractivity contribution in [2.45, 2.75) is 6.54 Å². The first kappa shape index (κ1) is 15.6. The van der Waals surface area contributed by atoms with Gasteiger partial charge in [-0.2, -0.15) is 0 Å². The highest BCUT2D eigenvalue weighted by Gasteiger charge is 2.07. The van der Waals surface area contributed by atoms with E-state index in [-0.39, 0.29) is 12.4 Å². The van der Waals surface area contributed by atoms with E-state index in [1.54, 1.807) is 25.3 Å². The lowest BCUT2D eigenvalue weighted by atomic mass is 10.1. The summed E-state index contributed by atoms with van der Waals surface area (Å²) >= 11 is 0. The van der Waals surface area contributed by atoms with Gasteiger partial charge in [0.2, 0.25) is 0 Å². The summed E-state index contributed by atoms with van der Waals surface area (Å²) in [7, 11) is 1.55. The van der Waals surface area contributed by atoms with E-state index in [9.17, 15) is 4.79 Å². The molecule has 110 valence electrons. The molecule has 1 aromatic carbocycles. The fourth-order valence-corrected chi connectivity index (χ4v) is 1.58. The first-order valence-corrected chi connectivity index (χ1v) is 5.86. The van der Waals surface area contributed by atoms with Crippen LogP contribution in [0, 0.1) is 0 Å². The molecule has 0 fully saturated rings. The van der Waals surface area contributed by atoms with E-state index in [1.165, 1.54) is 0 Å². The number of carbonyl (C=O) groups excluding carboxylic acids is 1. The van der Waals surface area contributed by atoms with Crippen molar-refractivity contribution < 1.29 is 19.5 Å². The molecule has 0 unspecified atom stereocenters. The Morgan fingerprint density at radius 3 is 2.80 bits per heavy atom. The van der Waals surface area contributed by atoms with Crippen LogP contribution in [0.25, 0.3) is 0 Å². The molecule has 0 saturated heterocycles. The number of nitrogens with one attached hydrogen (secondary N) is 1. The van der Waals surface area contributed by atoms with Gasteiger partial charge in [0, 0.05) is 24.2 Å². The van der Waals surface area contributed by atoms with Crippen molar-refractivity contribution in [3.8, 4) is 5.75 Å². The maximum atomic E-state index is 10.4. The highest BCUT2D eigenvalue weighted by Crippen LogP contribution is 2.19. The van der Waals surface area contributed by atoms with Crippen LogP contribution in [0.3, 0.4) is 0 Å². The van der Waals surface area contributed by atoms with Gasteiger partial charge in [-0.05, 0) is 18.2 Å². The van der Waals surface area contributed by atoms with Crippen LogP contribution in [0.15, 0.2) is 23.4 Å². The SMILES string of the molecule is COc1ccc(/C(N)=N/O)cc1CNCCOC(N)=O. The lowest BCUT2D eigenvalue weighted by molar-refractivity contribution is 0.157. The van der Waals surface area contributed by atoms with Crippen molar-refractivity contribution in [1.82, 2.24) is 5.32 Å². The van der Waals surface area contributed by atoms with E-state index in [0.717, 1.165) is 5.56 Å². The molecule has 0 saturated carbocycles. The van der Waals surface area contributed by atoms with E-state index < -0.39 is 6.09 Å². The lowest BCUT2D eigenvalue weighted by Crippen LogP contribution is -2.23. The lowest BCUT2D eigenvalue weighted by Gasteiger charge is -2.11. The van der Waals surface area contributed by atoms with Gasteiger partial charge in [0.05, 0.1) is 7.11 Å². The summed E-state index contributed by atoms with van der Waals surface area (Å²) in [6.45, 7) is 1.09. The van der Waals surface area contributed by atoms with Crippen LogP contribution in [0.2, 0.25) is 0 Å². The van der Waals surface area contributed by atoms with Crippen molar-refractivity contribution >= 4 is 11.9 Å². The van der Waals surface area contributed by atoms with Crippen molar-refractivity contribution in [1.29, 1.82) is 0 Å². The largest absolute Gasteiger partial charge is 0.496 e. The molecule has 1 rings (SSSR count). The molecule has 1 aromatic rings. The number of nitrogens with zero attached hydrogens (tertiary/aromatic N) is 1. The Bertz CT molecular complexity index is 490. The number of rotatable bonds is 7. The summed E-state index contributed by atoms with van der Waals surface area (Å²) in [5.41, 5.74) is 11.8. The number of amides is 1. The number of carbonyl (C=O) groups is 1. The number of methoxy groups -OCH3 is 1. The van der Waals surface area contributed by atoms with Gasteiger partial charge in [-0.25, -0.2) is 4.79 Å². The van der Waals surface area contributed by atoms with Gasteiger partial charge in [-0.3, -0.25) is 0 Å². The summed E-state index contributed by atoms with van der Waals surface area (Å²) in [5.74, 6) is 0.689. The van der Waals surface area contributed by atoms with Crippen LogP contribution in [-0.2, 0) is 11.3 Å². The smallest absolute Gasteiger partial charge is 0.404 e. The summed E-state index contributed by atoms with van der Waals surface area (Å²) in [6, 6.07) is 5.16. The fourth-order valence-electron chi connectivity index (χ4n) is 1.58. The average molecular weight is 282 g/mol. The van der Waals surface area contributed by atoms with Gasteiger partial charge < -0.3 is 31.5 Å². The second kappa shape index (κ2) is 7.85. The van der Waals surface area contributed by atoms with E-state index in [4.69, 9.17) is 21.4 Å². The molecule has 0 aliphatic rings. The first-order chi connectivity index (χ1) is 9.58. The summed E-state index contributed by atoms with van der Waals surface area (Å²) in [4.78, 5) is 10.4. The Balaban J connectivity index is 2.64. The molecule has 0 bridgehead atoms. The Labute approximate surface area is 116 Å². The molecule has 0 radical (unpaired) electrons. The van der Waals surface area contributed by atoms with Gasteiger partial charge in [0.1, 0.15) is 12.4 Å². The van der Waals surface area contributed by atoms with E-state index >= 15 is 0 Å². The summed E-state index contributed by atoms with van der Waals surface area (Å²) in [6.07, 6.45) is -0.807. The Kier molecular flexibility index (Phi) is 6.11. The van der Waals surface area contributed by atoms with Crippen LogP contribution in [0.4, 0.5) is 4.79 Å². The number of amidine groups is 1. The predicted molar refractivity (Wildman–Crippen MR) is 72.7 cm³/mol. The number of nitrogens with two attached hydrogens (primary N) is 2. The Morgan fingerprint density at radius 1 is 1.45 bits per heavy atom. The van der Waals surface area contributed by atoms with Gasteiger partial charge in [-0.1, -0.05) is 5.16 Å². The number of benzene rings is 1. The Hall–Kier alpha value is -2.48. The van der Waals surface area contributed by atoms with Crippen LogP contribution in [0.5, 0.6) is 5.75 Å². The fraction of sp³-hybridized carbons (Fsp3) is 0.333. The average Bonchev–Trinajstić information content (AvgIpc) is 2.45. The molecule has 0 heterocycles. The molecule has 8 nitrogen and oxygen atoms in total. The second-order valence-corrected chi connectivity index (χ2v) is 3.86. The second-order valence-electron chi connectivity index (χ2n) is 3.86. The van der Waals surface area contributed by atoms with Crippen LogP contribution < -0.4 is 21.5 Å². The summed E-state index contributed by atoms with van der Waals surface area (Å²) in [5, 5.41) is 14.7. The number of hydrogen-bond acceptors (Lipinski definition) is 6. The van der Waals surface area contributed by atoms with Gasteiger partial charge >= 0.3 is 6.09 Å². The number of oxime groups is 1. The monoisotopic (exact) mass is 282 g/mol. The number of ether oxygens (including phenoxy) is 2. The molecule has 0 spiro atoms. The predicted octanol–water partition coefficient (Wildman–Crippen LogP) is -0.0254. The molecular weight excluding hydrogens is 264 g/mol. The molecule has 1 amide bonds. The minimum Gasteiger partial charge on any atom is -0.496 e. The molecule has 6 N–H and O–H groups in total. The topological polar surface area (TPSA) is 132 Å². The standard InChI is InChI=1S/C12H18N4O4/c1-19-10-3-2-8(11(13)16-18)6-9(10)7-15-4-5-20-12(14)17/h2-3,6,15,18H,4-5,7H2,1H3,(H2,13,16)(H2,14,17). The number of hydrogen-bond donors (Lipinski definition) is 4. The third-order valence-electron chi connectivity index (χ3n) is 2.52. The number of primary amides is 1. The molecule has 0 aromatic heterocycles. The van der Waals surface area contributed by atoms with Crippen LogP contribution in [0.1, 0.15) is 11.1 Å².